The van der Waals surface area contributed by atoms with Crippen LogP contribution in [0.4, 0.5) is 4.39 Å². The van der Waals surface area contributed by atoms with Gasteiger partial charge in [-0.25, -0.2) is 4.39 Å². The summed E-state index contributed by atoms with van der Waals surface area (Å²) in [6.07, 6.45) is 2.96. The highest BCUT2D eigenvalue weighted by Gasteiger charge is 2.42. The normalized spacial score (nSPS) is 29.3. The van der Waals surface area contributed by atoms with Gasteiger partial charge in [0.2, 0.25) is 0 Å². The summed E-state index contributed by atoms with van der Waals surface area (Å²) in [5, 5.41) is 10.7. The molecule has 0 amide bonds. The van der Waals surface area contributed by atoms with Crippen LogP contribution in [0.3, 0.4) is 0 Å². The van der Waals surface area contributed by atoms with Crippen LogP contribution in [-0.4, -0.2) is 18.3 Å². The number of methoxy groups -OCH3 is 1. The van der Waals surface area contributed by atoms with Gasteiger partial charge in [-0.3, -0.25) is 0 Å². The molecular formula is C14H19FO2. The third-order valence-corrected chi connectivity index (χ3v) is 3.68. The van der Waals surface area contributed by atoms with Gasteiger partial charge in [0.25, 0.3) is 0 Å². The maximum Gasteiger partial charge on any atom is 0.129 e. The smallest absolute Gasteiger partial charge is 0.129 e. The van der Waals surface area contributed by atoms with Gasteiger partial charge in [0, 0.05) is 12.7 Å². The van der Waals surface area contributed by atoms with Crippen LogP contribution in [-0.2, 0) is 10.3 Å². The van der Waals surface area contributed by atoms with E-state index in [2.05, 4.69) is 0 Å². The monoisotopic (exact) mass is 238 g/mol. The first-order chi connectivity index (χ1) is 8.08. The molecule has 2 unspecified atom stereocenters. The Morgan fingerprint density at radius 3 is 2.88 bits per heavy atom. The van der Waals surface area contributed by atoms with Crippen molar-refractivity contribution in [3.8, 4) is 0 Å². The summed E-state index contributed by atoms with van der Waals surface area (Å²) in [6, 6.07) is 4.86. The van der Waals surface area contributed by atoms with Crippen molar-refractivity contribution in [2.45, 2.75) is 44.3 Å². The summed E-state index contributed by atoms with van der Waals surface area (Å²) in [4.78, 5) is 0. The Labute approximate surface area is 101 Å². The van der Waals surface area contributed by atoms with E-state index in [0.717, 1.165) is 24.8 Å². The third kappa shape index (κ3) is 2.22. The largest absolute Gasteiger partial charge is 0.382 e. The molecule has 1 aromatic carbocycles. The Morgan fingerprint density at radius 1 is 1.41 bits per heavy atom. The minimum Gasteiger partial charge on any atom is -0.382 e. The minimum absolute atomic E-state index is 0.312. The molecule has 0 aliphatic heterocycles. The molecule has 1 aromatic rings. The molecule has 2 rings (SSSR count). The van der Waals surface area contributed by atoms with Crippen LogP contribution in [0, 0.1) is 12.7 Å². The Hall–Kier alpha value is -0.930. The number of hydrogen-bond donors (Lipinski definition) is 1. The highest BCUT2D eigenvalue weighted by molar-refractivity contribution is 5.30. The van der Waals surface area contributed by atoms with Crippen LogP contribution >= 0.6 is 0 Å². The average molecular weight is 238 g/mol. The second kappa shape index (κ2) is 4.75. The number of hydrogen-bond acceptors (Lipinski definition) is 2. The lowest BCUT2D eigenvalue weighted by molar-refractivity contribution is -0.124. The molecule has 0 radical (unpaired) electrons. The van der Waals surface area contributed by atoms with Crippen LogP contribution in [0.25, 0.3) is 0 Å². The number of aryl methyl sites for hydroxylation is 1. The second-order valence-corrected chi connectivity index (χ2v) is 4.88. The maximum absolute atomic E-state index is 13.9. The fraction of sp³-hybridized carbons (Fsp3) is 0.571. The van der Waals surface area contributed by atoms with Crippen LogP contribution < -0.4 is 0 Å². The Kier molecular flexibility index (Phi) is 3.50. The summed E-state index contributed by atoms with van der Waals surface area (Å²) >= 11 is 0. The molecule has 0 heterocycles. The Balaban J connectivity index is 2.44. The summed E-state index contributed by atoms with van der Waals surface area (Å²) in [5.41, 5.74) is 0.155. The molecule has 2 atom stereocenters. The Morgan fingerprint density at radius 2 is 2.18 bits per heavy atom. The molecule has 1 fully saturated rings. The van der Waals surface area contributed by atoms with E-state index in [1.165, 1.54) is 6.07 Å². The van der Waals surface area contributed by atoms with Crippen molar-refractivity contribution in [1.29, 1.82) is 0 Å². The summed E-state index contributed by atoms with van der Waals surface area (Å²) in [7, 11) is 1.58. The van der Waals surface area contributed by atoms with E-state index in [1.54, 1.807) is 19.2 Å². The van der Waals surface area contributed by atoms with Crippen LogP contribution in [0.2, 0.25) is 0 Å². The molecule has 3 heteroatoms. The molecule has 1 N–H and O–H groups in total. The minimum atomic E-state index is -1.18. The van der Waals surface area contributed by atoms with E-state index in [4.69, 9.17) is 4.74 Å². The van der Waals surface area contributed by atoms with Crippen molar-refractivity contribution in [2.24, 2.45) is 0 Å². The first-order valence-electron chi connectivity index (χ1n) is 6.10. The van der Waals surface area contributed by atoms with E-state index >= 15 is 0 Å². The second-order valence-electron chi connectivity index (χ2n) is 4.88. The van der Waals surface area contributed by atoms with Gasteiger partial charge < -0.3 is 9.84 Å². The number of aliphatic hydroxyl groups is 1. The van der Waals surface area contributed by atoms with Crippen molar-refractivity contribution < 1.29 is 14.2 Å². The molecular weight excluding hydrogens is 219 g/mol. The molecule has 1 saturated carbocycles. The lowest BCUT2D eigenvalue weighted by atomic mass is 9.76. The van der Waals surface area contributed by atoms with Crippen molar-refractivity contribution in [1.82, 2.24) is 0 Å². The SMILES string of the molecule is COC1CCCCC1(O)c1cc(C)ccc1F. The summed E-state index contributed by atoms with van der Waals surface area (Å²) in [6.45, 7) is 1.90. The average Bonchev–Trinajstić information content (AvgIpc) is 2.33. The molecule has 0 bridgehead atoms. The van der Waals surface area contributed by atoms with E-state index < -0.39 is 5.60 Å². The predicted octanol–water partition coefficient (Wildman–Crippen LogP) is 2.91. The van der Waals surface area contributed by atoms with Gasteiger partial charge in [0.1, 0.15) is 11.4 Å². The molecule has 17 heavy (non-hydrogen) atoms. The first-order valence-corrected chi connectivity index (χ1v) is 6.10. The molecule has 0 saturated heterocycles. The molecule has 1 aliphatic rings. The van der Waals surface area contributed by atoms with E-state index in [-0.39, 0.29) is 11.9 Å². The van der Waals surface area contributed by atoms with Gasteiger partial charge in [0.05, 0.1) is 6.10 Å². The van der Waals surface area contributed by atoms with Crippen molar-refractivity contribution in [2.75, 3.05) is 7.11 Å². The van der Waals surface area contributed by atoms with Crippen molar-refractivity contribution >= 4 is 0 Å². The van der Waals surface area contributed by atoms with E-state index in [0.29, 0.717) is 12.0 Å². The van der Waals surface area contributed by atoms with Crippen molar-refractivity contribution in [3.05, 3.63) is 35.1 Å². The lowest BCUT2D eigenvalue weighted by Crippen LogP contribution is -2.44. The Bertz CT molecular complexity index is 405. The standard InChI is InChI=1S/C14H19FO2/c1-10-6-7-12(15)11(9-10)14(16)8-4-3-5-13(14)17-2/h6-7,9,13,16H,3-5,8H2,1-2H3. The zero-order valence-corrected chi connectivity index (χ0v) is 10.4. The number of halogens is 1. The zero-order valence-electron chi connectivity index (χ0n) is 10.4. The topological polar surface area (TPSA) is 29.5 Å². The van der Waals surface area contributed by atoms with Crippen LogP contribution in [0.1, 0.15) is 36.8 Å². The highest BCUT2D eigenvalue weighted by atomic mass is 19.1. The quantitative estimate of drug-likeness (QED) is 0.858. The molecule has 2 nitrogen and oxygen atoms in total. The predicted molar refractivity (Wildman–Crippen MR) is 64.3 cm³/mol. The molecule has 0 spiro atoms. The zero-order chi connectivity index (χ0) is 12.5. The van der Waals surface area contributed by atoms with Gasteiger partial charge in [-0.1, -0.05) is 30.5 Å². The number of ether oxygens (including phenoxy) is 1. The fourth-order valence-corrected chi connectivity index (χ4v) is 2.72. The van der Waals surface area contributed by atoms with Gasteiger partial charge >= 0.3 is 0 Å². The summed E-state index contributed by atoms with van der Waals surface area (Å²) in [5.74, 6) is -0.345. The van der Waals surface area contributed by atoms with Gasteiger partial charge in [-0.05, 0) is 25.8 Å². The van der Waals surface area contributed by atoms with Gasteiger partial charge in [-0.2, -0.15) is 0 Å². The molecule has 0 aromatic heterocycles. The highest BCUT2D eigenvalue weighted by Crippen LogP contribution is 2.40. The lowest BCUT2D eigenvalue weighted by Gasteiger charge is -2.39. The fourth-order valence-electron chi connectivity index (χ4n) is 2.72. The van der Waals surface area contributed by atoms with E-state index in [1.807, 2.05) is 6.92 Å². The van der Waals surface area contributed by atoms with E-state index in [9.17, 15) is 9.50 Å². The van der Waals surface area contributed by atoms with Gasteiger partial charge in [-0.15, -0.1) is 0 Å². The summed E-state index contributed by atoms with van der Waals surface area (Å²) < 4.78 is 19.2. The van der Waals surface area contributed by atoms with Crippen LogP contribution in [0.5, 0.6) is 0 Å². The number of rotatable bonds is 2. The molecule has 94 valence electrons. The molecule has 1 aliphatic carbocycles. The first kappa shape index (κ1) is 12.5. The maximum atomic E-state index is 13.9. The third-order valence-electron chi connectivity index (χ3n) is 3.68. The van der Waals surface area contributed by atoms with Crippen LogP contribution in [0.15, 0.2) is 18.2 Å². The van der Waals surface area contributed by atoms with Gasteiger partial charge in [0.15, 0.2) is 0 Å². The van der Waals surface area contributed by atoms with Crippen molar-refractivity contribution in [3.63, 3.8) is 0 Å². The number of benzene rings is 1.